The lowest BCUT2D eigenvalue weighted by Gasteiger charge is -2.06. The summed E-state index contributed by atoms with van der Waals surface area (Å²) >= 11 is 0. The highest BCUT2D eigenvalue weighted by Gasteiger charge is 2.01. The molecule has 0 amide bonds. The van der Waals surface area contributed by atoms with E-state index in [4.69, 9.17) is 4.74 Å². The molecule has 0 atom stereocenters. The molecule has 0 saturated heterocycles. The highest BCUT2D eigenvalue weighted by molar-refractivity contribution is 5.42. The zero-order chi connectivity index (χ0) is 11.4. The van der Waals surface area contributed by atoms with Gasteiger partial charge in [0.15, 0.2) is 5.65 Å². The molecule has 2 aromatic rings. The molecule has 0 fully saturated rings. The molecule has 5 nitrogen and oxygen atoms in total. The normalized spacial score (nSPS) is 11.2. The molecule has 0 aromatic carbocycles. The fourth-order valence-corrected chi connectivity index (χ4v) is 1.36. The van der Waals surface area contributed by atoms with E-state index in [0.29, 0.717) is 12.6 Å². The number of fused-ring (bicyclic) bond motifs is 1. The minimum Gasteiger partial charge on any atom is -0.377 e. The zero-order valence-corrected chi connectivity index (χ0v) is 9.55. The average molecular weight is 220 g/mol. The zero-order valence-electron chi connectivity index (χ0n) is 9.55. The SMILES string of the molecule is CC(C)OCCNc1nc2ccccn2n1. The molecule has 0 aliphatic heterocycles. The molecule has 2 heterocycles. The summed E-state index contributed by atoms with van der Waals surface area (Å²) in [6, 6.07) is 5.78. The number of nitrogens with one attached hydrogen (secondary N) is 1. The average Bonchev–Trinajstić information content (AvgIpc) is 2.66. The van der Waals surface area contributed by atoms with Gasteiger partial charge in [-0.3, -0.25) is 0 Å². The quantitative estimate of drug-likeness (QED) is 0.777. The third kappa shape index (κ3) is 2.70. The highest BCUT2D eigenvalue weighted by Crippen LogP contribution is 2.03. The minimum absolute atomic E-state index is 0.260. The minimum atomic E-state index is 0.260. The largest absolute Gasteiger partial charge is 0.377 e. The first-order valence-corrected chi connectivity index (χ1v) is 5.42. The molecule has 1 N–H and O–H groups in total. The molecular weight excluding hydrogens is 204 g/mol. The Bertz CT molecular complexity index is 419. The predicted molar refractivity (Wildman–Crippen MR) is 62.6 cm³/mol. The molecule has 2 aromatic heterocycles. The highest BCUT2D eigenvalue weighted by atomic mass is 16.5. The third-order valence-corrected chi connectivity index (χ3v) is 2.08. The van der Waals surface area contributed by atoms with Gasteiger partial charge in [-0.1, -0.05) is 6.07 Å². The van der Waals surface area contributed by atoms with Crippen LogP contribution in [-0.2, 0) is 4.74 Å². The van der Waals surface area contributed by atoms with E-state index in [0.717, 1.165) is 12.2 Å². The summed E-state index contributed by atoms with van der Waals surface area (Å²) in [6.45, 7) is 5.41. The summed E-state index contributed by atoms with van der Waals surface area (Å²) in [5.74, 6) is 0.638. The lowest BCUT2D eigenvalue weighted by Crippen LogP contribution is -2.13. The molecule has 2 rings (SSSR count). The number of pyridine rings is 1. The van der Waals surface area contributed by atoms with Crippen LogP contribution in [0.15, 0.2) is 24.4 Å². The maximum absolute atomic E-state index is 5.41. The fourth-order valence-electron chi connectivity index (χ4n) is 1.36. The van der Waals surface area contributed by atoms with E-state index in [9.17, 15) is 0 Å². The summed E-state index contributed by atoms with van der Waals surface area (Å²) in [6.07, 6.45) is 2.13. The first-order valence-electron chi connectivity index (χ1n) is 5.42. The number of anilines is 1. The van der Waals surface area contributed by atoms with Crippen molar-refractivity contribution in [3.05, 3.63) is 24.4 Å². The molecule has 0 unspecified atom stereocenters. The second-order valence-electron chi connectivity index (χ2n) is 3.79. The fraction of sp³-hybridized carbons (Fsp3) is 0.455. The Morgan fingerprint density at radius 2 is 2.31 bits per heavy atom. The maximum Gasteiger partial charge on any atom is 0.243 e. The maximum atomic E-state index is 5.41. The van der Waals surface area contributed by atoms with Crippen LogP contribution < -0.4 is 5.32 Å². The van der Waals surface area contributed by atoms with Crippen LogP contribution in [-0.4, -0.2) is 33.9 Å². The summed E-state index contributed by atoms with van der Waals surface area (Å²) in [4.78, 5) is 4.31. The van der Waals surface area contributed by atoms with Gasteiger partial charge in [-0.2, -0.15) is 4.98 Å². The Morgan fingerprint density at radius 1 is 1.44 bits per heavy atom. The number of hydrogen-bond acceptors (Lipinski definition) is 4. The van der Waals surface area contributed by atoms with Crippen LogP contribution in [0.5, 0.6) is 0 Å². The number of hydrogen-bond donors (Lipinski definition) is 1. The van der Waals surface area contributed by atoms with E-state index in [1.54, 1.807) is 4.52 Å². The van der Waals surface area contributed by atoms with Gasteiger partial charge in [-0.05, 0) is 26.0 Å². The summed E-state index contributed by atoms with van der Waals surface area (Å²) in [7, 11) is 0. The van der Waals surface area contributed by atoms with E-state index < -0.39 is 0 Å². The second kappa shape index (κ2) is 4.94. The van der Waals surface area contributed by atoms with Crippen LogP contribution in [0.1, 0.15) is 13.8 Å². The topological polar surface area (TPSA) is 51.5 Å². The van der Waals surface area contributed by atoms with Gasteiger partial charge in [-0.25, -0.2) is 4.52 Å². The van der Waals surface area contributed by atoms with Crippen LogP contribution in [0.4, 0.5) is 5.95 Å². The van der Waals surface area contributed by atoms with Gasteiger partial charge in [0.2, 0.25) is 5.95 Å². The Hall–Kier alpha value is -1.62. The van der Waals surface area contributed by atoms with Crippen LogP contribution in [0.3, 0.4) is 0 Å². The van der Waals surface area contributed by atoms with Crippen molar-refractivity contribution >= 4 is 11.6 Å². The van der Waals surface area contributed by atoms with Crippen molar-refractivity contribution < 1.29 is 4.74 Å². The van der Waals surface area contributed by atoms with Gasteiger partial charge in [0.1, 0.15) is 0 Å². The Morgan fingerprint density at radius 3 is 3.06 bits per heavy atom. The molecule has 0 bridgehead atoms. The second-order valence-corrected chi connectivity index (χ2v) is 3.79. The van der Waals surface area contributed by atoms with Gasteiger partial charge in [0, 0.05) is 12.7 Å². The van der Waals surface area contributed by atoms with E-state index in [1.165, 1.54) is 0 Å². The van der Waals surface area contributed by atoms with Gasteiger partial charge in [-0.15, -0.1) is 5.10 Å². The monoisotopic (exact) mass is 220 g/mol. The molecule has 0 saturated carbocycles. The number of rotatable bonds is 5. The molecular formula is C11H16N4O. The van der Waals surface area contributed by atoms with Crippen molar-refractivity contribution in [3.63, 3.8) is 0 Å². The number of ether oxygens (including phenoxy) is 1. The number of nitrogens with zero attached hydrogens (tertiary/aromatic N) is 3. The standard InChI is InChI=1S/C11H16N4O/c1-9(2)16-8-6-12-11-13-10-5-3-4-7-15(10)14-11/h3-5,7,9H,6,8H2,1-2H3,(H,12,14). The van der Waals surface area contributed by atoms with Crippen LogP contribution in [0.2, 0.25) is 0 Å². The van der Waals surface area contributed by atoms with Crippen LogP contribution in [0, 0.1) is 0 Å². The van der Waals surface area contributed by atoms with Gasteiger partial charge < -0.3 is 10.1 Å². The van der Waals surface area contributed by atoms with Gasteiger partial charge in [0.05, 0.1) is 12.7 Å². The van der Waals surface area contributed by atoms with Gasteiger partial charge in [0.25, 0.3) is 0 Å². The van der Waals surface area contributed by atoms with E-state index >= 15 is 0 Å². The van der Waals surface area contributed by atoms with Crippen molar-refractivity contribution in [1.29, 1.82) is 0 Å². The molecule has 86 valence electrons. The predicted octanol–water partition coefficient (Wildman–Crippen LogP) is 1.57. The molecule has 16 heavy (non-hydrogen) atoms. The third-order valence-electron chi connectivity index (χ3n) is 2.08. The lowest BCUT2D eigenvalue weighted by atomic mass is 10.5. The summed E-state index contributed by atoms with van der Waals surface area (Å²) < 4.78 is 7.15. The Labute approximate surface area is 94.4 Å². The first kappa shape index (κ1) is 10.9. The smallest absolute Gasteiger partial charge is 0.243 e. The summed E-state index contributed by atoms with van der Waals surface area (Å²) in [5, 5.41) is 7.39. The summed E-state index contributed by atoms with van der Waals surface area (Å²) in [5.41, 5.74) is 0.842. The van der Waals surface area contributed by atoms with E-state index in [-0.39, 0.29) is 6.10 Å². The van der Waals surface area contributed by atoms with Crippen molar-refractivity contribution in [3.8, 4) is 0 Å². The van der Waals surface area contributed by atoms with Gasteiger partial charge >= 0.3 is 0 Å². The molecule has 5 heteroatoms. The first-order chi connectivity index (χ1) is 7.75. The van der Waals surface area contributed by atoms with E-state index in [2.05, 4.69) is 15.4 Å². The van der Waals surface area contributed by atoms with Crippen molar-refractivity contribution in [2.75, 3.05) is 18.5 Å². The molecule has 0 aliphatic carbocycles. The number of aromatic nitrogens is 3. The molecule has 0 radical (unpaired) electrons. The van der Waals surface area contributed by atoms with Crippen molar-refractivity contribution in [1.82, 2.24) is 14.6 Å². The van der Waals surface area contributed by atoms with Crippen LogP contribution in [0.25, 0.3) is 5.65 Å². The van der Waals surface area contributed by atoms with Crippen molar-refractivity contribution in [2.45, 2.75) is 20.0 Å². The van der Waals surface area contributed by atoms with Crippen molar-refractivity contribution in [2.24, 2.45) is 0 Å². The Kier molecular flexibility index (Phi) is 3.36. The van der Waals surface area contributed by atoms with E-state index in [1.807, 2.05) is 38.2 Å². The molecule has 0 spiro atoms. The Balaban J connectivity index is 1.89. The molecule has 0 aliphatic rings. The lowest BCUT2D eigenvalue weighted by molar-refractivity contribution is 0.0870. The van der Waals surface area contributed by atoms with Crippen LogP contribution >= 0.6 is 0 Å².